The number of ether oxygens (including phenoxy) is 3. The van der Waals surface area contributed by atoms with Gasteiger partial charge in [0.25, 0.3) is 0 Å². The minimum absolute atomic E-state index is 0.0241. The van der Waals surface area contributed by atoms with Crippen molar-refractivity contribution in [2.75, 3.05) is 13.1 Å². The van der Waals surface area contributed by atoms with E-state index in [1.165, 1.54) is 5.56 Å². The Hall–Kier alpha value is -3.32. The molecule has 0 saturated carbocycles. The van der Waals surface area contributed by atoms with E-state index in [0.717, 1.165) is 35.3 Å². The summed E-state index contributed by atoms with van der Waals surface area (Å²) < 4.78 is 16.9. The highest BCUT2D eigenvalue weighted by Crippen LogP contribution is 2.32. The van der Waals surface area contributed by atoms with Gasteiger partial charge in [-0.25, -0.2) is 4.79 Å². The van der Waals surface area contributed by atoms with Crippen molar-refractivity contribution in [3.8, 4) is 5.75 Å². The van der Waals surface area contributed by atoms with Crippen LogP contribution in [0.2, 0.25) is 0 Å². The Labute approximate surface area is 219 Å². The van der Waals surface area contributed by atoms with Gasteiger partial charge < -0.3 is 24.4 Å². The van der Waals surface area contributed by atoms with Crippen LogP contribution in [-0.4, -0.2) is 41.4 Å². The van der Waals surface area contributed by atoms with Crippen molar-refractivity contribution in [2.24, 2.45) is 0 Å². The van der Waals surface area contributed by atoms with E-state index in [2.05, 4.69) is 17.4 Å². The maximum Gasteiger partial charge on any atom is 0.407 e. The molecule has 7 heteroatoms. The van der Waals surface area contributed by atoms with Gasteiger partial charge in [0.2, 0.25) is 11.7 Å². The van der Waals surface area contributed by atoms with Gasteiger partial charge in [0.05, 0.1) is 6.61 Å². The second-order valence-corrected chi connectivity index (χ2v) is 11.2. The summed E-state index contributed by atoms with van der Waals surface area (Å²) >= 11 is 0. The number of hydrogen-bond donors (Lipinski definition) is 1. The van der Waals surface area contributed by atoms with Crippen LogP contribution in [0.4, 0.5) is 4.79 Å². The largest absolute Gasteiger partial charge is 0.463 e. The van der Waals surface area contributed by atoms with Crippen molar-refractivity contribution < 1.29 is 23.8 Å². The Bertz CT molecular complexity index is 1160. The summed E-state index contributed by atoms with van der Waals surface area (Å²) in [5.41, 5.74) is 3.70. The fourth-order valence-corrected chi connectivity index (χ4v) is 4.59. The van der Waals surface area contributed by atoms with E-state index in [1.807, 2.05) is 75.9 Å². The summed E-state index contributed by atoms with van der Waals surface area (Å²) in [5, 5.41) is 2.82. The number of nitrogens with one attached hydrogen (secondary N) is 1. The number of benzene rings is 2. The molecule has 2 aliphatic rings. The van der Waals surface area contributed by atoms with Crippen LogP contribution in [0.25, 0.3) is 6.08 Å². The van der Waals surface area contributed by atoms with Crippen LogP contribution in [0.1, 0.15) is 75.6 Å². The van der Waals surface area contributed by atoms with E-state index in [-0.39, 0.29) is 5.91 Å². The third kappa shape index (κ3) is 7.59. The Morgan fingerprint density at radius 3 is 2.62 bits per heavy atom. The van der Waals surface area contributed by atoms with Crippen LogP contribution in [0.3, 0.4) is 0 Å². The number of nitrogens with zero attached hydrogens (tertiary/aromatic N) is 1. The Kier molecular flexibility index (Phi) is 7.93. The molecule has 0 aliphatic carbocycles. The maximum atomic E-state index is 12.8. The zero-order chi connectivity index (χ0) is 26.6. The van der Waals surface area contributed by atoms with Gasteiger partial charge in [-0.2, -0.15) is 0 Å². The number of carbonyl (C=O) groups is 2. The number of piperidine rings is 1. The molecule has 2 aromatic carbocycles. The molecule has 1 fully saturated rings. The third-order valence-electron chi connectivity index (χ3n) is 6.51. The minimum atomic E-state index is -0.649. The fraction of sp³-hybridized carbons (Fsp3) is 0.467. The molecule has 2 aliphatic heterocycles. The van der Waals surface area contributed by atoms with Crippen molar-refractivity contribution in [3.63, 3.8) is 0 Å². The molecule has 2 amide bonds. The van der Waals surface area contributed by atoms with Crippen LogP contribution >= 0.6 is 0 Å². The SMILES string of the molecule is CC(C)(C)OC(=O)NCc1cccc(C2CCN(C(=O)C=Cc3ccc4c(c3)OC(C)(C)OC4)CC2)c1. The molecule has 0 atom stereocenters. The summed E-state index contributed by atoms with van der Waals surface area (Å²) in [7, 11) is 0. The molecular weight excluding hydrogens is 468 g/mol. The van der Waals surface area contributed by atoms with Crippen molar-refractivity contribution in [2.45, 2.75) is 77.9 Å². The van der Waals surface area contributed by atoms with Crippen LogP contribution in [-0.2, 0) is 27.4 Å². The lowest BCUT2D eigenvalue weighted by molar-refractivity contribution is -0.180. The molecule has 0 radical (unpaired) electrons. The van der Waals surface area contributed by atoms with Gasteiger partial charge in [0.1, 0.15) is 11.4 Å². The quantitative estimate of drug-likeness (QED) is 0.521. The molecule has 0 aromatic heterocycles. The second-order valence-electron chi connectivity index (χ2n) is 11.2. The first-order chi connectivity index (χ1) is 17.5. The molecule has 4 rings (SSSR count). The van der Waals surface area contributed by atoms with Crippen molar-refractivity contribution >= 4 is 18.1 Å². The minimum Gasteiger partial charge on any atom is -0.463 e. The second kappa shape index (κ2) is 11.0. The van der Waals surface area contributed by atoms with E-state index in [4.69, 9.17) is 14.2 Å². The number of amides is 2. The van der Waals surface area contributed by atoms with Gasteiger partial charge in [-0.05, 0) is 68.4 Å². The maximum absolute atomic E-state index is 12.8. The van der Waals surface area contributed by atoms with Gasteiger partial charge in [0, 0.05) is 45.1 Å². The highest BCUT2D eigenvalue weighted by Gasteiger charge is 2.27. The average Bonchev–Trinajstić information content (AvgIpc) is 2.84. The molecule has 0 spiro atoms. The van der Waals surface area contributed by atoms with E-state index < -0.39 is 17.5 Å². The average molecular weight is 507 g/mol. The first-order valence-electron chi connectivity index (χ1n) is 13.0. The number of alkyl carbamates (subject to hydrolysis) is 1. The molecule has 7 nitrogen and oxygen atoms in total. The Balaban J connectivity index is 1.28. The molecule has 198 valence electrons. The van der Waals surface area contributed by atoms with Gasteiger partial charge >= 0.3 is 6.09 Å². The summed E-state index contributed by atoms with van der Waals surface area (Å²) in [6.07, 6.45) is 4.89. The predicted octanol–water partition coefficient (Wildman–Crippen LogP) is 5.78. The normalized spacial score (nSPS) is 17.7. The molecule has 1 N–H and O–H groups in total. The molecule has 37 heavy (non-hydrogen) atoms. The molecule has 2 heterocycles. The first kappa shape index (κ1) is 26.7. The van der Waals surface area contributed by atoms with E-state index in [0.29, 0.717) is 32.2 Å². The number of hydrogen-bond acceptors (Lipinski definition) is 5. The van der Waals surface area contributed by atoms with E-state index >= 15 is 0 Å². The molecular formula is C30H38N2O5. The zero-order valence-electron chi connectivity index (χ0n) is 22.5. The van der Waals surface area contributed by atoms with Crippen molar-refractivity contribution in [1.82, 2.24) is 10.2 Å². The van der Waals surface area contributed by atoms with Crippen molar-refractivity contribution in [3.05, 3.63) is 70.8 Å². The standard InChI is InChI=1S/C30H38N2O5/c1-29(2,3)37-28(34)31-19-22-7-6-8-24(17-22)23-13-15-32(16-14-23)27(33)12-10-21-9-11-25-20-35-30(4,5)36-26(25)18-21/h6-12,17-18,23H,13-16,19-20H2,1-5H3,(H,31,34). The fourth-order valence-electron chi connectivity index (χ4n) is 4.59. The topological polar surface area (TPSA) is 77.1 Å². The third-order valence-corrected chi connectivity index (χ3v) is 6.51. The van der Waals surface area contributed by atoms with E-state index in [9.17, 15) is 9.59 Å². The van der Waals surface area contributed by atoms with Gasteiger partial charge in [-0.15, -0.1) is 0 Å². The number of likely N-dealkylation sites (tertiary alicyclic amines) is 1. The van der Waals surface area contributed by atoms with Crippen LogP contribution in [0.15, 0.2) is 48.5 Å². The van der Waals surface area contributed by atoms with Gasteiger partial charge in [-0.3, -0.25) is 4.79 Å². The smallest absolute Gasteiger partial charge is 0.407 e. The van der Waals surface area contributed by atoms with Gasteiger partial charge in [0.15, 0.2) is 0 Å². The monoisotopic (exact) mass is 506 g/mol. The molecule has 2 aromatic rings. The molecule has 1 saturated heterocycles. The lowest BCUT2D eigenvalue weighted by Gasteiger charge is -2.32. The first-order valence-corrected chi connectivity index (χ1v) is 13.0. The number of fused-ring (bicyclic) bond motifs is 1. The number of rotatable bonds is 5. The van der Waals surface area contributed by atoms with Crippen LogP contribution in [0.5, 0.6) is 5.75 Å². The predicted molar refractivity (Wildman–Crippen MR) is 143 cm³/mol. The van der Waals surface area contributed by atoms with Crippen molar-refractivity contribution in [1.29, 1.82) is 0 Å². The summed E-state index contributed by atoms with van der Waals surface area (Å²) in [5.74, 6) is 0.563. The zero-order valence-corrected chi connectivity index (χ0v) is 22.5. The number of carbonyl (C=O) groups excluding carboxylic acids is 2. The molecule has 0 bridgehead atoms. The lowest BCUT2D eigenvalue weighted by Crippen LogP contribution is -2.37. The van der Waals surface area contributed by atoms with Crippen LogP contribution in [0, 0.1) is 0 Å². The lowest BCUT2D eigenvalue weighted by atomic mass is 9.88. The van der Waals surface area contributed by atoms with Crippen LogP contribution < -0.4 is 10.1 Å². The van der Waals surface area contributed by atoms with E-state index in [1.54, 1.807) is 6.08 Å². The molecule has 0 unspecified atom stereocenters. The summed E-state index contributed by atoms with van der Waals surface area (Å²) in [4.78, 5) is 26.7. The Morgan fingerprint density at radius 2 is 1.89 bits per heavy atom. The Morgan fingerprint density at radius 1 is 1.14 bits per heavy atom. The summed E-state index contributed by atoms with van der Waals surface area (Å²) in [6.45, 7) is 11.7. The highest BCUT2D eigenvalue weighted by molar-refractivity contribution is 5.92. The highest BCUT2D eigenvalue weighted by atomic mass is 16.7. The van der Waals surface area contributed by atoms with Gasteiger partial charge in [-0.1, -0.05) is 36.4 Å². The summed E-state index contributed by atoms with van der Waals surface area (Å²) in [6, 6.07) is 14.2.